The molecule has 0 bridgehead atoms. The average molecular weight is 384 g/mol. The molecule has 0 unspecified atom stereocenters. The number of hydrogen-bond donors (Lipinski definition) is 0. The van der Waals surface area contributed by atoms with Gasteiger partial charge in [0.2, 0.25) is 0 Å². The van der Waals surface area contributed by atoms with Gasteiger partial charge in [0.05, 0.1) is 3.57 Å². The smallest absolute Gasteiger partial charge is 0.186 e. The highest BCUT2D eigenvalue weighted by Gasteiger charge is 2.12. The van der Waals surface area contributed by atoms with Crippen molar-refractivity contribution in [2.45, 2.75) is 0 Å². The van der Waals surface area contributed by atoms with Gasteiger partial charge in [0.25, 0.3) is 0 Å². The van der Waals surface area contributed by atoms with E-state index in [1.807, 2.05) is 24.3 Å². The second kappa shape index (κ2) is 4.20. The van der Waals surface area contributed by atoms with Crippen LogP contribution in [0, 0.1) is 3.57 Å². The highest BCUT2D eigenvalue weighted by Crippen LogP contribution is 2.30. The molecule has 1 heterocycles. The van der Waals surface area contributed by atoms with Crippen molar-refractivity contribution in [3.63, 3.8) is 0 Å². The van der Waals surface area contributed by atoms with Crippen molar-refractivity contribution in [2.24, 2.45) is 0 Å². The van der Waals surface area contributed by atoms with E-state index in [0.29, 0.717) is 10.9 Å². The molecule has 1 aromatic heterocycles. The van der Waals surface area contributed by atoms with Gasteiger partial charge in [-0.25, -0.2) is 0 Å². The van der Waals surface area contributed by atoms with Crippen LogP contribution in [0.25, 0.3) is 11.3 Å². The van der Waals surface area contributed by atoms with Crippen molar-refractivity contribution in [3.8, 4) is 11.3 Å². The molecular formula is C9H4BrClINO. The Bertz CT molecular complexity index is 454. The summed E-state index contributed by atoms with van der Waals surface area (Å²) in [5, 5.41) is 4.09. The van der Waals surface area contributed by atoms with Crippen LogP contribution in [0.3, 0.4) is 0 Å². The molecule has 2 nitrogen and oxygen atoms in total. The molecule has 0 atom stereocenters. The summed E-state index contributed by atoms with van der Waals surface area (Å²) < 4.78 is 6.99. The molecule has 72 valence electrons. The minimum Gasteiger partial charge on any atom is -0.354 e. The fourth-order valence-corrected chi connectivity index (χ4v) is 1.93. The number of hydrogen-bond acceptors (Lipinski definition) is 2. The first-order chi connectivity index (χ1) is 6.68. The summed E-state index contributed by atoms with van der Waals surface area (Å²) in [6.45, 7) is 0. The zero-order valence-electron chi connectivity index (χ0n) is 6.80. The number of benzene rings is 1. The zero-order chi connectivity index (χ0) is 10.1. The predicted molar refractivity (Wildman–Crippen MR) is 67.4 cm³/mol. The lowest BCUT2D eigenvalue weighted by Crippen LogP contribution is -1.76. The quantitative estimate of drug-likeness (QED) is 0.683. The molecule has 0 aliphatic carbocycles. The van der Waals surface area contributed by atoms with Gasteiger partial charge in [-0.05, 0) is 46.9 Å². The van der Waals surface area contributed by atoms with Crippen LogP contribution in [0.15, 0.2) is 33.3 Å². The average Bonchev–Trinajstić information content (AvgIpc) is 2.50. The third kappa shape index (κ3) is 1.97. The molecule has 1 aromatic carbocycles. The van der Waals surface area contributed by atoms with Gasteiger partial charge >= 0.3 is 0 Å². The molecule has 0 radical (unpaired) electrons. The summed E-state index contributed by atoms with van der Waals surface area (Å²) >= 11 is 11.3. The first-order valence-electron chi connectivity index (χ1n) is 3.75. The Hall–Kier alpha value is -0.0700. The summed E-state index contributed by atoms with van der Waals surface area (Å²) in [7, 11) is 0. The monoisotopic (exact) mass is 383 g/mol. The van der Waals surface area contributed by atoms with E-state index < -0.39 is 0 Å². The van der Waals surface area contributed by atoms with E-state index in [0.717, 1.165) is 13.6 Å². The first kappa shape index (κ1) is 10.4. The Morgan fingerprint density at radius 2 is 1.93 bits per heavy atom. The highest BCUT2D eigenvalue weighted by molar-refractivity contribution is 14.1. The minimum absolute atomic E-state index is 0.406. The van der Waals surface area contributed by atoms with Crippen LogP contribution in [0.5, 0.6) is 0 Å². The normalized spacial score (nSPS) is 10.5. The maximum Gasteiger partial charge on any atom is 0.186 e. The predicted octanol–water partition coefficient (Wildman–Crippen LogP) is 4.36. The van der Waals surface area contributed by atoms with Gasteiger partial charge in [0, 0.05) is 10.0 Å². The lowest BCUT2D eigenvalue weighted by molar-refractivity contribution is 0.432. The SMILES string of the molecule is Clc1noc(-c2ccc(Br)cc2)c1I. The molecule has 0 aliphatic rings. The Kier molecular flexibility index (Phi) is 3.14. The van der Waals surface area contributed by atoms with Crippen LogP contribution in [0.4, 0.5) is 0 Å². The Morgan fingerprint density at radius 3 is 2.43 bits per heavy atom. The number of nitrogens with zero attached hydrogens (tertiary/aromatic N) is 1. The lowest BCUT2D eigenvalue weighted by Gasteiger charge is -1.96. The zero-order valence-corrected chi connectivity index (χ0v) is 11.3. The van der Waals surface area contributed by atoms with E-state index in [4.69, 9.17) is 16.1 Å². The van der Waals surface area contributed by atoms with Gasteiger partial charge < -0.3 is 4.52 Å². The van der Waals surface area contributed by atoms with E-state index >= 15 is 0 Å². The third-order valence-corrected chi connectivity index (χ3v) is 3.81. The first-order valence-corrected chi connectivity index (χ1v) is 6.00. The molecule has 2 aromatic rings. The summed E-state index contributed by atoms with van der Waals surface area (Å²) in [6.07, 6.45) is 0. The second-order valence-corrected chi connectivity index (χ2v) is 4.98. The fourth-order valence-electron chi connectivity index (χ4n) is 1.04. The number of halogens is 3. The van der Waals surface area contributed by atoms with Crippen LogP contribution >= 0.6 is 50.1 Å². The third-order valence-electron chi connectivity index (χ3n) is 1.70. The molecule has 2 rings (SSSR count). The van der Waals surface area contributed by atoms with Crippen LogP contribution in [0.2, 0.25) is 5.15 Å². The molecule has 0 saturated carbocycles. The van der Waals surface area contributed by atoms with Gasteiger partial charge in [-0.15, -0.1) is 0 Å². The van der Waals surface area contributed by atoms with Crippen molar-refractivity contribution in [1.82, 2.24) is 5.16 Å². The Labute approximate surface area is 108 Å². The molecule has 0 spiro atoms. The van der Waals surface area contributed by atoms with Crippen molar-refractivity contribution in [3.05, 3.63) is 37.5 Å². The molecule has 0 amide bonds. The van der Waals surface area contributed by atoms with Crippen LogP contribution < -0.4 is 0 Å². The molecule has 0 fully saturated rings. The van der Waals surface area contributed by atoms with Crippen molar-refractivity contribution >= 4 is 50.1 Å². The summed E-state index contributed by atoms with van der Waals surface area (Å²) in [4.78, 5) is 0. The van der Waals surface area contributed by atoms with Crippen LogP contribution in [-0.4, -0.2) is 5.16 Å². The van der Waals surface area contributed by atoms with Gasteiger partial charge in [-0.3, -0.25) is 0 Å². The van der Waals surface area contributed by atoms with E-state index in [2.05, 4.69) is 43.7 Å². The number of rotatable bonds is 1. The summed E-state index contributed by atoms with van der Waals surface area (Å²) in [5.41, 5.74) is 0.969. The molecule has 0 aliphatic heterocycles. The molecule has 14 heavy (non-hydrogen) atoms. The summed E-state index contributed by atoms with van der Waals surface area (Å²) in [6, 6.07) is 7.79. The van der Waals surface area contributed by atoms with Crippen molar-refractivity contribution in [1.29, 1.82) is 0 Å². The highest BCUT2D eigenvalue weighted by atomic mass is 127. The molecule has 5 heteroatoms. The Morgan fingerprint density at radius 1 is 1.29 bits per heavy atom. The molecular weight excluding hydrogens is 380 g/mol. The largest absolute Gasteiger partial charge is 0.354 e. The van der Waals surface area contributed by atoms with E-state index in [-0.39, 0.29) is 0 Å². The topological polar surface area (TPSA) is 26.0 Å². The Balaban J connectivity index is 2.49. The van der Waals surface area contributed by atoms with E-state index in [1.165, 1.54) is 0 Å². The van der Waals surface area contributed by atoms with Gasteiger partial charge in [0.15, 0.2) is 10.9 Å². The standard InChI is InChI=1S/C9H4BrClINO/c10-6-3-1-5(2-4-6)8-7(12)9(11)13-14-8/h1-4H. The van der Waals surface area contributed by atoms with Crippen LogP contribution in [0.1, 0.15) is 0 Å². The maximum absolute atomic E-state index is 5.79. The van der Waals surface area contributed by atoms with E-state index in [9.17, 15) is 0 Å². The van der Waals surface area contributed by atoms with Gasteiger partial charge in [-0.1, -0.05) is 32.7 Å². The van der Waals surface area contributed by atoms with Crippen molar-refractivity contribution < 1.29 is 4.52 Å². The fraction of sp³-hybridized carbons (Fsp3) is 0. The van der Waals surface area contributed by atoms with Crippen molar-refractivity contribution in [2.75, 3.05) is 0 Å². The second-order valence-electron chi connectivity index (χ2n) is 2.62. The van der Waals surface area contributed by atoms with Gasteiger partial charge in [0.1, 0.15) is 0 Å². The maximum atomic E-state index is 5.79. The summed E-state index contributed by atoms with van der Waals surface area (Å²) in [5.74, 6) is 0.711. The van der Waals surface area contributed by atoms with Gasteiger partial charge in [-0.2, -0.15) is 0 Å². The van der Waals surface area contributed by atoms with E-state index in [1.54, 1.807) is 0 Å². The molecule has 0 N–H and O–H groups in total. The van der Waals surface area contributed by atoms with Crippen LogP contribution in [-0.2, 0) is 0 Å². The molecule has 0 saturated heterocycles. The minimum atomic E-state index is 0.406. The number of aromatic nitrogens is 1. The lowest BCUT2D eigenvalue weighted by atomic mass is 10.2.